The zero-order chi connectivity index (χ0) is 25.6. The molecule has 0 unspecified atom stereocenters. The van der Waals surface area contributed by atoms with E-state index in [2.05, 4.69) is 5.32 Å². The Morgan fingerprint density at radius 1 is 1.11 bits per heavy atom. The van der Waals surface area contributed by atoms with Crippen molar-refractivity contribution in [2.75, 3.05) is 12.4 Å². The van der Waals surface area contributed by atoms with Crippen LogP contribution in [0.4, 0.5) is 11.4 Å². The van der Waals surface area contributed by atoms with Crippen molar-refractivity contribution in [3.8, 4) is 17.6 Å². The number of aryl methyl sites for hydroxylation is 1. The summed E-state index contributed by atoms with van der Waals surface area (Å²) in [5.74, 6) is -1.01. The van der Waals surface area contributed by atoms with Gasteiger partial charge >= 0.3 is 10.1 Å². The summed E-state index contributed by atoms with van der Waals surface area (Å²) < 4.78 is 36.3. The lowest BCUT2D eigenvalue weighted by Gasteiger charge is -2.14. The molecular weight excluding hydrogens is 474 g/mol. The summed E-state index contributed by atoms with van der Waals surface area (Å²) in [6.45, 7) is 1.81. The molecule has 0 fully saturated rings. The number of nitro groups is 1. The van der Waals surface area contributed by atoms with Crippen LogP contribution in [0.5, 0.6) is 11.5 Å². The van der Waals surface area contributed by atoms with Crippen LogP contribution < -0.4 is 14.2 Å². The number of methoxy groups -OCH3 is 1. The number of non-ortho nitro benzene ring substituents is 1. The number of rotatable bonds is 8. The molecule has 0 saturated heterocycles. The smallest absolute Gasteiger partial charge is 0.339 e. The van der Waals surface area contributed by atoms with Crippen molar-refractivity contribution < 1.29 is 27.1 Å². The summed E-state index contributed by atoms with van der Waals surface area (Å²) in [5, 5.41) is 22.9. The standard InChI is InChI=1S/C24H19N3O7S/c1-16-9-11-21(12-10-16)35(31,32)34-23-17(5-3-8-22(23)33-2)13-18(15-25)24(28)26-19-6-4-7-20(14-19)27(29)30/h3-14H,1-2H3,(H,26,28)/b18-13+. The molecule has 0 atom stereocenters. The number of nitrogens with zero attached hydrogens (tertiary/aromatic N) is 2. The Hall–Kier alpha value is -4.69. The third-order valence-corrected chi connectivity index (χ3v) is 5.95. The normalized spacial score (nSPS) is 11.3. The first kappa shape index (κ1) is 24.9. The summed E-state index contributed by atoms with van der Waals surface area (Å²) in [6, 6.07) is 17.4. The van der Waals surface area contributed by atoms with Crippen LogP contribution in [-0.4, -0.2) is 26.4 Å². The topological polar surface area (TPSA) is 149 Å². The average molecular weight is 493 g/mol. The first-order valence-corrected chi connectivity index (χ1v) is 11.4. The molecule has 0 bridgehead atoms. The van der Waals surface area contributed by atoms with Crippen LogP contribution in [-0.2, 0) is 14.9 Å². The lowest BCUT2D eigenvalue weighted by molar-refractivity contribution is -0.384. The molecule has 35 heavy (non-hydrogen) atoms. The molecule has 0 aromatic heterocycles. The Labute approximate surface area is 201 Å². The highest BCUT2D eigenvalue weighted by Crippen LogP contribution is 2.35. The van der Waals surface area contributed by atoms with Crippen LogP contribution in [0.3, 0.4) is 0 Å². The van der Waals surface area contributed by atoms with Crippen LogP contribution in [0.15, 0.2) is 77.2 Å². The largest absolute Gasteiger partial charge is 0.493 e. The van der Waals surface area contributed by atoms with Gasteiger partial charge in [-0.3, -0.25) is 14.9 Å². The third kappa shape index (κ3) is 6.01. The lowest BCUT2D eigenvalue weighted by Crippen LogP contribution is -2.14. The number of nitrogens with one attached hydrogen (secondary N) is 1. The van der Waals surface area contributed by atoms with Crippen molar-refractivity contribution in [1.29, 1.82) is 5.26 Å². The monoisotopic (exact) mass is 493 g/mol. The van der Waals surface area contributed by atoms with Crippen molar-refractivity contribution in [2.45, 2.75) is 11.8 Å². The predicted octanol–water partition coefficient (Wildman–Crippen LogP) is 4.23. The van der Waals surface area contributed by atoms with Gasteiger partial charge in [-0.25, -0.2) is 0 Å². The predicted molar refractivity (Wildman–Crippen MR) is 127 cm³/mol. The van der Waals surface area contributed by atoms with E-state index in [0.717, 1.165) is 17.7 Å². The van der Waals surface area contributed by atoms with Crippen LogP contribution in [0, 0.1) is 28.4 Å². The molecule has 0 heterocycles. The second-order valence-corrected chi connectivity index (χ2v) is 8.71. The SMILES string of the molecule is COc1cccc(/C=C(\C#N)C(=O)Nc2cccc([N+](=O)[O-])c2)c1OS(=O)(=O)c1ccc(C)cc1. The van der Waals surface area contributed by atoms with E-state index in [1.54, 1.807) is 18.2 Å². The highest BCUT2D eigenvalue weighted by molar-refractivity contribution is 7.87. The van der Waals surface area contributed by atoms with Gasteiger partial charge in [-0.2, -0.15) is 13.7 Å². The number of hydrogen-bond acceptors (Lipinski definition) is 8. The minimum atomic E-state index is -4.27. The van der Waals surface area contributed by atoms with Crippen molar-refractivity contribution in [3.05, 3.63) is 93.5 Å². The molecule has 10 nitrogen and oxygen atoms in total. The molecule has 0 aliphatic rings. The summed E-state index contributed by atoms with van der Waals surface area (Å²) in [7, 11) is -2.95. The molecule has 0 radical (unpaired) electrons. The maximum atomic E-state index is 12.9. The van der Waals surface area contributed by atoms with E-state index in [1.807, 2.05) is 6.92 Å². The van der Waals surface area contributed by atoms with E-state index in [9.17, 15) is 28.6 Å². The van der Waals surface area contributed by atoms with Crippen molar-refractivity contribution in [1.82, 2.24) is 0 Å². The quantitative estimate of drug-likeness (QED) is 0.161. The van der Waals surface area contributed by atoms with E-state index in [-0.39, 0.29) is 33.3 Å². The minimum absolute atomic E-state index is 0.0609. The van der Waals surface area contributed by atoms with Gasteiger partial charge in [0, 0.05) is 23.4 Å². The van der Waals surface area contributed by atoms with E-state index < -0.39 is 26.5 Å². The van der Waals surface area contributed by atoms with Gasteiger partial charge in [-0.1, -0.05) is 35.9 Å². The highest BCUT2D eigenvalue weighted by atomic mass is 32.2. The number of ether oxygens (including phenoxy) is 1. The number of para-hydroxylation sites is 1. The molecule has 0 aliphatic heterocycles. The van der Waals surface area contributed by atoms with E-state index in [0.29, 0.717) is 0 Å². The molecule has 3 aromatic rings. The maximum Gasteiger partial charge on any atom is 0.339 e. The van der Waals surface area contributed by atoms with Gasteiger partial charge in [0.25, 0.3) is 11.6 Å². The minimum Gasteiger partial charge on any atom is -0.493 e. The van der Waals surface area contributed by atoms with Crippen molar-refractivity contribution in [2.24, 2.45) is 0 Å². The number of carbonyl (C=O) groups excluding carboxylic acids is 1. The molecule has 0 spiro atoms. The maximum absolute atomic E-state index is 12.9. The summed E-state index contributed by atoms with van der Waals surface area (Å²) >= 11 is 0. The number of nitriles is 1. The first-order chi connectivity index (χ1) is 16.6. The van der Waals surface area contributed by atoms with Gasteiger partial charge in [0.05, 0.1) is 12.0 Å². The van der Waals surface area contributed by atoms with E-state index in [1.165, 1.54) is 55.6 Å². The molecule has 3 aromatic carbocycles. The van der Waals surface area contributed by atoms with Gasteiger partial charge in [-0.05, 0) is 37.3 Å². The molecule has 3 rings (SSSR count). The van der Waals surface area contributed by atoms with Gasteiger partial charge < -0.3 is 14.2 Å². The lowest BCUT2D eigenvalue weighted by atomic mass is 10.1. The number of anilines is 1. The fourth-order valence-electron chi connectivity index (χ4n) is 2.96. The van der Waals surface area contributed by atoms with E-state index in [4.69, 9.17) is 8.92 Å². The zero-order valence-electron chi connectivity index (χ0n) is 18.6. The van der Waals surface area contributed by atoms with Gasteiger partial charge in [-0.15, -0.1) is 0 Å². The second-order valence-electron chi connectivity index (χ2n) is 7.16. The second kappa shape index (κ2) is 10.5. The molecule has 1 amide bonds. The Morgan fingerprint density at radius 3 is 2.43 bits per heavy atom. The number of nitro benzene ring substituents is 1. The summed E-state index contributed by atoms with van der Waals surface area (Å²) in [5.41, 5.74) is 0.413. The molecule has 0 saturated carbocycles. The number of hydrogen-bond donors (Lipinski definition) is 1. The molecule has 0 aliphatic carbocycles. The van der Waals surface area contributed by atoms with Crippen LogP contribution >= 0.6 is 0 Å². The molecule has 1 N–H and O–H groups in total. The van der Waals surface area contributed by atoms with Crippen LogP contribution in [0.25, 0.3) is 6.08 Å². The molecular formula is C24H19N3O7S. The van der Waals surface area contributed by atoms with Gasteiger partial charge in [0.1, 0.15) is 16.5 Å². The Bertz CT molecular complexity index is 1460. The fraction of sp³-hybridized carbons (Fsp3) is 0.0833. The van der Waals surface area contributed by atoms with Gasteiger partial charge in [0.15, 0.2) is 11.5 Å². The Kier molecular flexibility index (Phi) is 7.48. The van der Waals surface area contributed by atoms with Crippen molar-refractivity contribution in [3.63, 3.8) is 0 Å². The molecule has 11 heteroatoms. The van der Waals surface area contributed by atoms with Crippen LogP contribution in [0.2, 0.25) is 0 Å². The van der Waals surface area contributed by atoms with E-state index >= 15 is 0 Å². The summed E-state index contributed by atoms with van der Waals surface area (Å²) in [4.78, 5) is 22.9. The summed E-state index contributed by atoms with van der Waals surface area (Å²) in [6.07, 6.45) is 1.13. The van der Waals surface area contributed by atoms with Crippen LogP contribution in [0.1, 0.15) is 11.1 Å². The average Bonchev–Trinajstić information content (AvgIpc) is 2.83. The fourth-order valence-corrected chi connectivity index (χ4v) is 3.92. The number of amides is 1. The first-order valence-electron chi connectivity index (χ1n) is 10.0. The Balaban J connectivity index is 1.97. The van der Waals surface area contributed by atoms with Gasteiger partial charge in [0.2, 0.25) is 0 Å². The number of carbonyl (C=O) groups is 1. The van der Waals surface area contributed by atoms with Crippen molar-refractivity contribution >= 4 is 33.5 Å². The number of benzene rings is 3. The highest BCUT2D eigenvalue weighted by Gasteiger charge is 2.22. The molecule has 178 valence electrons. The third-order valence-electron chi connectivity index (χ3n) is 4.71. The Morgan fingerprint density at radius 2 is 1.80 bits per heavy atom. The zero-order valence-corrected chi connectivity index (χ0v) is 19.4.